The van der Waals surface area contributed by atoms with E-state index < -0.39 is 7.12 Å². The van der Waals surface area contributed by atoms with Crippen LogP contribution in [0.4, 0.5) is 0 Å². The number of rotatable bonds is 5. The average molecular weight is 263 g/mol. The number of hydrogen-bond donors (Lipinski definition) is 2. The molecule has 2 aromatic rings. The molecule has 0 aliphatic heterocycles. The van der Waals surface area contributed by atoms with Gasteiger partial charge < -0.3 is 19.5 Å². The number of ether oxygens (including phenoxy) is 2. The lowest BCUT2D eigenvalue weighted by atomic mass is 9.79. The highest BCUT2D eigenvalue weighted by atomic mass is 16.7. The van der Waals surface area contributed by atoms with Crippen molar-refractivity contribution >= 4 is 12.6 Å². The molecular formula is C11H14BN3O4. The van der Waals surface area contributed by atoms with Crippen LogP contribution < -0.4 is 10.2 Å². The van der Waals surface area contributed by atoms with Crippen molar-refractivity contribution < 1.29 is 19.5 Å². The first-order chi connectivity index (χ1) is 9.13. The number of aromatic nitrogens is 3. The lowest BCUT2D eigenvalue weighted by molar-refractivity contribution is 0.0517. The van der Waals surface area contributed by atoms with Crippen molar-refractivity contribution in [1.29, 1.82) is 0 Å². The Balaban J connectivity index is 2.40. The van der Waals surface area contributed by atoms with Gasteiger partial charge in [-0.1, -0.05) is 11.3 Å². The summed E-state index contributed by atoms with van der Waals surface area (Å²) >= 11 is 0. The van der Waals surface area contributed by atoms with Crippen LogP contribution in [0.2, 0.25) is 0 Å². The molecule has 0 fully saturated rings. The maximum atomic E-state index is 9.28. The summed E-state index contributed by atoms with van der Waals surface area (Å²) in [6.45, 7) is 1.88. The summed E-state index contributed by atoms with van der Waals surface area (Å²) in [5.74, 6) is 0.323. The molecule has 19 heavy (non-hydrogen) atoms. The van der Waals surface area contributed by atoms with E-state index in [1.54, 1.807) is 29.1 Å². The van der Waals surface area contributed by atoms with Crippen LogP contribution in [0.15, 0.2) is 24.4 Å². The van der Waals surface area contributed by atoms with Gasteiger partial charge in [-0.2, -0.15) is 0 Å². The first kappa shape index (κ1) is 13.5. The van der Waals surface area contributed by atoms with Crippen molar-refractivity contribution in [2.45, 2.75) is 6.92 Å². The monoisotopic (exact) mass is 263 g/mol. The summed E-state index contributed by atoms with van der Waals surface area (Å²) in [6.07, 6.45) is 1.63. The Hall–Kier alpha value is -1.90. The molecule has 0 saturated carbocycles. The highest BCUT2D eigenvalue weighted by molar-refractivity contribution is 6.59. The Bertz CT molecular complexity index is 559. The largest absolute Gasteiger partial charge is 0.492 e. The lowest BCUT2D eigenvalue weighted by Gasteiger charge is -2.12. The molecule has 0 aliphatic rings. The van der Waals surface area contributed by atoms with E-state index >= 15 is 0 Å². The smallest absolute Gasteiger partial charge is 0.468 e. The Morgan fingerprint density at radius 3 is 2.74 bits per heavy atom. The number of aryl methyl sites for hydroxylation is 1. The molecule has 8 heteroatoms. The zero-order valence-electron chi connectivity index (χ0n) is 10.6. The Labute approximate surface area is 110 Å². The average Bonchev–Trinajstić information content (AvgIpc) is 2.82. The van der Waals surface area contributed by atoms with E-state index in [2.05, 4.69) is 10.3 Å². The highest BCUT2D eigenvalue weighted by Crippen LogP contribution is 2.16. The maximum Gasteiger partial charge on any atom is 0.492 e. The zero-order valence-corrected chi connectivity index (χ0v) is 10.6. The maximum absolute atomic E-state index is 9.28. The SMILES string of the molecule is COCOc1cc(-n2nncc2C)ccc1B(O)O. The van der Waals surface area contributed by atoms with Gasteiger partial charge in [-0.3, -0.25) is 0 Å². The molecule has 0 bridgehead atoms. The van der Waals surface area contributed by atoms with Crippen molar-refractivity contribution in [2.24, 2.45) is 0 Å². The van der Waals surface area contributed by atoms with Crippen LogP contribution in [-0.4, -0.2) is 46.1 Å². The van der Waals surface area contributed by atoms with E-state index in [1.807, 2.05) is 6.92 Å². The van der Waals surface area contributed by atoms with Crippen molar-refractivity contribution in [3.63, 3.8) is 0 Å². The predicted octanol–water partition coefficient (Wildman–Crippen LogP) is -0.762. The highest BCUT2D eigenvalue weighted by Gasteiger charge is 2.18. The molecule has 2 rings (SSSR count). The molecule has 2 N–H and O–H groups in total. The molecule has 0 aliphatic carbocycles. The minimum atomic E-state index is -1.61. The van der Waals surface area contributed by atoms with Crippen LogP contribution in [0.1, 0.15) is 5.69 Å². The normalized spacial score (nSPS) is 10.5. The quantitative estimate of drug-likeness (QED) is 0.544. The van der Waals surface area contributed by atoms with E-state index in [1.165, 1.54) is 7.11 Å². The summed E-state index contributed by atoms with van der Waals surface area (Å²) in [5.41, 5.74) is 1.83. The van der Waals surface area contributed by atoms with Crippen molar-refractivity contribution in [3.8, 4) is 11.4 Å². The Morgan fingerprint density at radius 1 is 1.37 bits per heavy atom. The second kappa shape index (κ2) is 5.83. The standard InChI is InChI=1S/C11H14BN3O4/c1-8-6-13-14-15(8)9-3-4-10(12(16)17)11(5-9)19-7-18-2/h3-6,16-17H,7H2,1-2H3. The fourth-order valence-corrected chi connectivity index (χ4v) is 1.66. The van der Waals surface area contributed by atoms with Gasteiger partial charge in [0.25, 0.3) is 0 Å². The van der Waals surface area contributed by atoms with Gasteiger partial charge in [-0.15, -0.1) is 5.10 Å². The second-order valence-electron chi connectivity index (χ2n) is 3.93. The molecule has 0 spiro atoms. The Kier molecular flexibility index (Phi) is 4.15. The topological polar surface area (TPSA) is 89.6 Å². The number of hydrogen-bond acceptors (Lipinski definition) is 6. The van der Waals surface area contributed by atoms with Gasteiger partial charge in [0.1, 0.15) is 5.75 Å². The number of benzene rings is 1. The molecule has 1 aromatic heterocycles. The molecule has 1 heterocycles. The number of nitrogens with zero attached hydrogens (tertiary/aromatic N) is 3. The zero-order chi connectivity index (χ0) is 13.8. The molecule has 0 unspecified atom stereocenters. The molecule has 0 amide bonds. The van der Waals surface area contributed by atoms with Gasteiger partial charge in [0.05, 0.1) is 17.6 Å². The molecule has 0 saturated heterocycles. The Morgan fingerprint density at radius 2 is 2.16 bits per heavy atom. The fraction of sp³-hybridized carbons (Fsp3) is 0.273. The van der Waals surface area contributed by atoms with Gasteiger partial charge in [-0.05, 0) is 13.0 Å². The van der Waals surface area contributed by atoms with Crippen molar-refractivity contribution in [3.05, 3.63) is 30.1 Å². The van der Waals surface area contributed by atoms with Crippen LogP contribution in [0.3, 0.4) is 0 Å². The van der Waals surface area contributed by atoms with Gasteiger partial charge in [0.15, 0.2) is 6.79 Å². The van der Waals surface area contributed by atoms with E-state index in [4.69, 9.17) is 9.47 Å². The van der Waals surface area contributed by atoms with Crippen molar-refractivity contribution in [1.82, 2.24) is 15.0 Å². The van der Waals surface area contributed by atoms with Gasteiger partial charge in [0, 0.05) is 18.6 Å². The summed E-state index contributed by atoms with van der Waals surface area (Å²) in [5, 5.41) is 26.3. The molecule has 1 aromatic carbocycles. The summed E-state index contributed by atoms with van der Waals surface area (Å²) in [4.78, 5) is 0. The van der Waals surface area contributed by atoms with Crippen LogP contribution in [0, 0.1) is 6.92 Å². The minimum absolute atomic E-state index is 0.0134. The summed E-state index contributed by atoms with van der Waals surface area (Å²) in [7, 11) is -0.127. The molecular weight excluding hydrogens is 249 g/mol. The third-order valence-corrected chi connectivity index (χ3v) is 2.57. The molecule has 100 valence electrons. The predicted molar refractivity (Wildman–Crippen MR) is 68.4 cm³/mol. The minimum Gasteiger partial charge on any atom is -0.468 e. The first-order valence-electron chi connectivity index (χ1n) is 5.63. The molecule has 7 nitrogen and oxygen atoms in total. The fourth-order valence-electron chi connectivity index (χ4n) is 1.66. The van der Waals surface area contributed by atoms with Gasteiger partial charge in [-0.25, -0.2) is 4.68 Å². The van der Waals surface area contributed by atoms with Crippen molar-refractivity contribution in [2.75, 3.05) is 13.9 Å². The number of methoxy groups -OCH3 is 1. The lowest BCUT2D eigenvalue weighted by Crippen LogP contribution is -2.31. The first-order valence-corrected chi connectivity index (χ1v) is 5.63. The van der Waals surface area contributed by atoms with Gasteiger partial charge in [0.2, 0.25) is 0 Å². The van der Waals surface area contributed by atoms with E-state index in [9.17, 15) is 10.0 Å². The van der Waals surface area contributed by atoms with Gasteiger partial charge >= 0.3 is 7.12 Å². The summed E-state index contributed by atoms with van der Waals surface area (Å²) < 4.78 is 11.8. The molecule has 0 atom stereocenters. The van der Waals surface area contributed by atoms with E-state index in [-0.39, 0.29) is 12.3 Å². The van der Waals surface area contributed by atoms with Crippen LogP contribution in [-0.2, 0) is 4.74 Å². The van der Waals surface area contributed by atoms with Crippen LogP contribution in [0.5, 0.6) is 5.75 Å². The molecule has 0 radical (unpaired) electrons. The third-order valence-electron chi connectivity index (χ3n) is 2.57. The third kappa shape index (κ3) is 2.92. The van der Waals surface area contributed by atoms with E-state index in [0.29, 0.717) is 11.4 Å². The van der Waals surface area contributed by atoms with Crippen LogP contribution >= 0.6 is 0 Å². The second-order valence-corrected chi connectivity index (χ2v) is 3.93. The summed E-state index contributed by atoms with van der Waals surface area (Å²) in [6, 6.07) is 4.91. The van der Waals surface area contributed by atoms with Crippen LogP contribution in [0.25, 0.3) is 5.69 Å². The van der Waals surface area contributed by atoms with E-state index in [0.717, 1.165) is 5.69 Å².